The molecular formula is C17H24ClN3O2. The molecule has 1 aromatic carbocycles. The summed E-state index contributed by atoms with van der Waals surface area (Å²) in [5, 5.41) is 0.527. The molecule has 2 aliphatic heterocycles. The predicted molar refractivity (Wildman–Crippen MR) is 92.5 cm³/mol. The third-order valence-electron chi connectivity index (χ3n) is 4.53. The van der Waals surface area contributed by atoms with Crippen molar-refractivity contribution in [2.75, 3.05) is 51.3 Å². The maximum absolute atomic E-state index is 12.6. The second kappa shape index (κ2) is 6.21. The van der Waals surface area contributed by atoms with Gasteiger partial charge < -0.3 is 14.5 Å². The molecule has 0 aromatic heterocycles. The zero-order valence-corrected chi connectivity index (χ0v) is 14.8. The first kappa shape index (κ1) is 16.4. The Kier molecular flexibility index (Phi) is 4.43. The molecule has 2 fully saturated rings. The van der Waals surface area contributed by atoms with Crippen molar-refractivity contribution in [2.45, 2.75) is 13.8 Å². The van der Waals surface area contributed by atoms with Gasteiger partial charge in [-0.25, -0.2) is 4.79 Å². The molecule has 126 valence electrons. The Balaban J connectivity index is 1.57. The molecule has 23 heavy (non-hydrogen) atoms. The summed E-state index contributed by atoms with van der Waals surface area (Å²) in [5.41, 5.74) is 1.26. The monoisotopic (exact) mass is 337 g/mol. The summed E-state index contributed by atoms with van der Waals surface area (Å²) in [6, 6.07) is 5.53. The lowest BCUT2D eigenvalue weighted by Gasteiger charge is -2.46. The average Bonchev–Trinajstić information content (AvgIpc) is 2.84. The van der Waals surface area contributed by atoms with Crippen LogP contribution in [0.5, 0.6) is 5.75 Å². The number of urea groups is 1. The highest BCUT2D eigenvalue weighted by molar-refractivity contribution is 6.32. The molecule has 5 nitrogen and oxygen atoms in total. The van der Waals surface area contributed by atoms with Crippen LogP contribution in [0.4, 0.5) is 10.5 Å². The number of likely N-dealkylation sites (tertiary alicyclic amines) is 1. The van der Waals surface area contributed by atoms with Crippen LogP contribution >= 0.6 is 11.6 Å². The van der Waals surface area contributed by atoms with Gasteiger partial charge in [-0.15, -0.1) is 0 Å². The van der Waals surface area contributed by atoms with Crippen LogP contribution in [-0.4, -0.2) is 62.2 Å². The first-order chi connectivity index (χ1) is 10.9. The lowest BCUT2D eigenvalue weighted by Crippen LogP contribution is -2.54. The van der Waals surface area contributed by atoms with Crippen LogP contribution in [0.25, 0.3) is 0 Å². The van der Waals surface area contributed by atoms with E-state index in [1.807, 2.05) is 11.0 Å². The number of hydrogen-bond donors (Lipinski definition) is 0. The molecule has 0 radical (unpaired) electrons. The summed E-state index contributed by atoms with van der Waals surface area (Å²) < 4.78 is 5.16. The summed E-state index contributed by atoms with van der Waals surface area (Å²) in [5.74, 6) is 0.624. The minimum Gasteiger partial charge on any atom is -0.495 e. The standard InChI is InChI=1S/C17H24ClN3O2/c1-17(2)11-19(12-17)6-7-20-8-9-21(16(20)22)13-4-5-15(23-3)14(18)10-13/h4-5,10H,6-9,11-12H2,1-3H3. The molecule has 2 amide bonds. The van der Waals surface area contributed by atoms with Crippen molar-refractivity contribution in [2.24, 2.45) is 5.41 Å². The van der Waals surface area contributed by atoms with Crippen molar-refractivity contribution in [3.05, 3.63) is 23.2 Å². The highest BCUT2D eigenvalue weighted by Crippen LogP contribution is 2.31. The van der Waals surface area contributed by atoms with Gasteiger partial charge in [-0.1, -0.05) is 25.4 Å². The van der Waals surface area contributed by atoms with Crippen LogP contribution in [0.15, 0.2) is 18.2 Å². The minimum absolute atomic E-state index is 0.0611. The molecule has 0 spiro atoms. The van der Waals surface area contributed by atoms with Crippen LogP contribution in [0.3, 0.4) is 0 Å². The topological polar surface area (TPSA) is 36.0 Å². The molecule has 3 rings (SSSR count). The SMILES string of the molecule is COc1ccc(N2CCN(CCN3CC(C)(C)C3)C2=O)cc1Cl. The summed E-state index contributed by atoms with van der Waals surface area (Å²) in [6.07, 6.45) is 0. The quantitative estimate of drug-likeness (QED) is 0.828. The van der Waals surface area contributed by atoms with E-state index in [4.69, 9.17) is 16.3 Å². The van der Waals surface area contributed by atoms with Gasteiger partial charge in [-0.05, 0) is 23.6 Å². The summed E-state index contributed by atoms with van der Waals surface area (Å²) in [7, 11) is 1.58. The van der Waals surface area contributed by atoms with Gasteiger partial charge in [0.25, 0.3) is 0 Å². The van der Waals surface area contributed by atoms with Gasteiger partial charge in [0.05, 0.1) is 12.1 Å². The average molecular weight is 338 g/mol. The minimum atomic E-state index is 0.0611. The normalized spacial score (nSPS) is 20.8. The van der Waals surface area contributed by atoms with E-state index in [1.165, 1.54) is 0 Å². The molecule has 0 saturated carbocycles. The van der Waals surface area contributed by atoms with E-state index in [0.717, 1.165) is 38.4 Å². The molecule has 2 aliphatic rings. The molecule has 0 atom stereocenters. The highest BCUT2D eigenvalue weighted by Gasteiger charge is 2.35. The Labute approximate surface area is 142 Å². The maximum Gasteiger partial charge on any atom is 0.324 e. The van der Waals surface area contributed by atoms with E-state index in [-0.39, 0.29) is 6.03 Å². The lowest BCUT2D eigenvalue weighted by molar-refractivity contribution is 0.0273. The Morgan fingerprint density at radius 2 is 1.96 bits per heavy atom. The summed E-state index contributed by atoms with van der Waals surface area (Å²) >= 11 is 6.16. The van der Waals surface area contributed by atoms with Crippen LogP contribution in [0.1, 0.15) is 13.8 Å². The largest absolute Gasteiger partial charge is 0.495 e. The molecule has 0 unspecified atom stereocenters. The first-order valence-corrected chi connectivity index (χ1v) is 8.40. The van der Waals surface area contributed by atoms with Gasteiger partial charge >= 0.3 is 6.03 Å². The van der Waals surface area contributed by atoms with Gasteiger partial charge in [0.1, 0.15) is 5.75 Å². The molecule has 1 aromatic rings. The van der Waals surface area contributed by atoms with Crippen molar-refractivity contribution >= 4 is 23.3 Å². The predicted octanol–water partition coefficient (Wildman–Crippen LogP) is 2.93. The number of carbonyl (C=O) groups is 1. The van der Waals surface area contributed by atoms with E-state index >= 15 is 0 Å². The fourth-order valence-corrected chi connectivity index (χ4v) is 3.69. The second-order valence-corrected chi connectivity index (χ2v) is 7.52. The fourth-order valence-electron chi connectivity index (χ4n) is 3.44. The molecule has 2 heterocycles. The van der Waals surface area contributed by atoms with Crippen molar-refractivity contribution in [1.29, 1.82) is 0 Å². The van der Waals surface area contributed by atoms with E-state index in [2.05, 4.69) is 18.7 Å². The number of rotatable bonds is 5. The molecule has 0 aliphatic carbocycles. The number of halogens is 1. The third kappa shape index (κ3) is 3.40. The molecule has 2 saturated heterocycles. The Morgan fingerprint density at radius 1 is 1.22 bits per heavy atom. The van der Waals surface area contributed by atoms with Crippen molar-refractivity contribution in [3.63, 3.8) is 0 Å². The maximum atomic E-state index is 12.6. The van der Waals surface area contributed by atoms with Crippen molar-refractivity contribution in [3.8, 4) is 5.75 Å². The number of amides is 2. The lowest BCUT2D eigenvalue weighted by atomic mass is 9.84. The van der Waals surface area contributed by atoms with Crippen LogP contribution in [0, 0.1) is 5.41 Å². The first-order valence-electron chi connectivity index (χ1n) is 8.02. The second-order valence-electron chi connectivity index (χ2n) is 7.11. The van der Waals surface area contributed by atoms with Crippen LogP contribution in [0.2, 0.25) is 5.02 Å². The number of carbonyl (C=O) groups excluding carboxylic acids is 1. The number of benzene rings is 1. The smallest absolute Gasteiger partial charge is 0.324 e. The summed E-state index contributed by atoms with van der Waals surface area (Å²) in [6.45, 7) is 9.99. The Morgan fingerprint density at radius 3 is 2.57 bits per heavy atom. The number of anilines is 1. The van der Waals surface area contributed by atoms with Gasteiger partial charge in [0, 0.05) is 45.0 Å². The zero-order chi connectivity index (χ0) is 16.6. The number of hydrogen-bond acceptors (Lipinski definition) is 3. The van der Waals surface area contributed by atoms with Crippen molar-refractivity contribution < 1.29 is 9.53 Å². The number of nitrogens with zero attached hydrogens (tertiary/aromatic N) is 3. The van der Waals surface area contributed by atoms with E-state index in [1.54, 1.807) is 24.1 Å². The van der Waals surface area contributed by atoms with Crippen molar-refractivity contribution in [1.82, 2.24) is 9.80 Å². The van der Waals surface area contributed by atoms with Crippen LogP contribution in [-0.2, 0) is 0 Å². The van der Waals surface area contributed by atoms with E-state index in [9.17, 15) is 4.79 Å². The number of ether oxygens (including phenoxy) is 1. The number of methoxy groups -OCH3 is 1. The molecule has 0 bridgehead atoms. The zero-order valence-electron chi connectivity index (χ0n) is 14.0. The molecular weight excluding hydrogens is 314 g/mol. The summed E-state index contributed by atoms with van der Waals surface area (Å²) in [4.78, 5) is 18.7. The molecule has 6 heteroatoms. The molecule has 0 N–H and O–H groups in total. The van der Waals surface area contributed by atoms with E-state index in [0.29, 0.717) is 22.7 Å². The third-order valence-corrected chi connectivity index (χ3v) is 4.83. The Hall–Kier alpha value is -1.46. The van der Waals surface area contributed by atoms with Gasteiger partial charge in [-0.2, -0.15) is 0 Å². The Bertz CT molecular complexity index is 598. The van der Waals surface area contributed by atoms with Gasteiger partial charge in [-0.3, -0.25) is 4.90 Å². The van der Waals surface area contributed by atoms with E-state index < -0.39 is 0 Å². The fraction of sp³-hybridized carbons (Fsp3) is 0.588. The van der Waals surface area contributed by atoms with Gasteiger partial charge in [0.15, 0.2) is 0 Å². The van der Waals surface area contributed by atoms with Gasteiger partial charge in [0.2, 0.25) is 0 Å². The highest BCUT2D eigenvalue weighted by atomic mass is 35.5. The van der Waals surface area contributed by atoms with Crippen LogP contribution < -0.4 is 9.64 Å².